The van der Waals surface area contributed by atoms with Crippen molar-refractivity contribution in [2.24, 2.45) is 0 Å². The van der Waals surface area contributed by atoms with Crippen molar-refractivity contribution < 1.29 is 14.3 Å². The molecule has 0 aliphatic heterocycles. The number of urea groups is 1. The normalized spacial score (nSPS) is 11.3. The van der Waals surface area contributed by atoms with Gasteiger partial charge in [0, 0.05) is 33.0 Å². The summed E-state index contributed by atoms with van der Waals surface area (Å²) in [7, 11) is 3.25. The lowest BCUT2D eigenvalue weighted by Gasteiger charge is -2.23. The number of carbonyl (C=O) groups excluding carboxylic acids is 1. The monoisotopic (exact) mass is 308 g/mol. The summed E-state index contributed by atoms with van der Waals surface area (Å²) in [6.45, 7) is 8.56. The van der Waals surface area contributed by atoms with Gasteiger partial charge in [-0.25, -0.2) is 4.79 Å². The third-order valence-corrected chi connectivity index (χ3v) is 3.42. The fourth-order valence-corrected chi connectivity index (χ4v) is 1.97. The average molecular weight is 308 g/mol. The van der Waals surface area contributed by atoms with Crippen molar-refractivity contribution in [1.29, 1.82) is 0 Å². The molecule has 0 radical (unpaired) electrons. The van der Waals surface area contributed by atoms with E-state index in [0.29, 0.717) is 26.3 Å². The van der Waals surface area contributed by atoms with Crippen molar-refractivity contribution in [2.45, 2.75) is 26.2 Å². The number of anilines is 1. The molecule has 0 aromatic heterocycles. The zero-order valence-corrected chi connectivity index (χ0v) is 14.3. The van der Waals surface area contributed by atoms with Crippen LogP contribution in [-0.4, -0.2) is 51.5 Å². The maximum absolute atomic E-state index is 12.3. The largest absolute Gasteiger partial charge is 0.383 e. The van der Waals surface area contributed by atoms with Crippen LogP contribution in [0.3, 0.4) is 0 Å². The molecule has 0 bridgehead atoms. The molecule has 5 nitrogen and oxygen atoms in total. The van der Waals surface area contributed by atoms with Crippen molar-refractivity contribution in [3.05, 3.63) is 29.8 Å². The van der Waals surface area contributed by atoms with Crippen LogP contribution >= 0.6 is 0 Å². The molecule has 1 N–H and O–H groups in total. The molecule has 5 heteroatoms. The van der Waals surface area contributed by atoms with Gasteiger partial charge >= 0.3 is 6.03 Å². The van der Waals surface area contributed by atoms with E-state index in [-0.39, 0.29) is 11.4 Å². The van der Waals surface area contributed by atoms with Gasteiger partial charge in [0.15, 0.2) is 0 Å². The van der Waals surface area contributed by atoms with Crippen molar-refractivity contribution in [1.82, 2.24) is 4.90 Å². The van der Waals surface area contributed by atoms with Gasteiger partial charge in [-0.1, -0.05) is 32.9 Å². The molecule has 0 aliphatic carbocycles. The standard InChI is InChI=1S/C17H28N2O3/c1-17(2,3)14-6-8-15(9-7-14)18-16(20)19(10-12-21-4)11-13-22-5/h6-9H,10-13H2,1-5H3,(H,18,20). The van der Waals surface area contributed by atoms with E-state index in [1.807, 2.05) is 24.3 Å². The molecule has 124 valence electrons. The van der Waals surface area contributed by atoms with Gasteiger partial charge in [0.1, 0.15) is 0 Å². The number of ether oxygens (including phenoxy) is 2. The number of nitrogens with zero attached hydrogens (tertiary/aromatic N) is 1. The Bertz CT molecular complexity index is 444. The first-order valence-corrected chi connectivity index (χ1v) is 7.53. The molecular formula is C17H28N2O3. The fourth-order valence-electron chi connectivity index (χ4n) is 1.97. The summed E-state index contributed by atoms with van der Waals surface area (Å²) in [6, 6.07) is 7.82. The molecule has 0 unspecified atom stereocenters. The summed E-state index contributed by atoms with van der Waals surface area (Å²) < 4.78 is 10.1. The first-order chi connectivity index (χ1) is 10.4. The number of hydrogen-bond donors (Lipinski definition) is 1. The van der Waals surface area contributed by atoms with Crippen LogP contribution in [0, 0.1) is 0 Å². The Morgan fingerprint density at radius 3 is 1.95 bits per heavy atom. The minimum Gasteiger partial charge on any atom is -0.383 e. The number of nitrogens with one attached hydrogen (secondary N) is 1. The molecule has 0 spiro atoms. The van der Waals surface area contributed by atoms with Gasteiger partial charge in [-0.3, -0.25) is 0 Å². The minimum absolute atomic E-state index is 0.103. The highest BCUT2D eigenvalue weighted by Crippen LogP contribution is 2.23. The van der Waals surface area contributed by atoms with Crippen LogP contribution in [0.5, 0.6) is 0 Å². The molecule has 2 amide bonds. The van der Waals surface area contributed by atoms with Gasteiger partial charge in [-0.05, 0) is 23.1 Å². The Kier molecular flexibility index (Phi) is 7.35. The van der Waals surface area contributed by atoms with E-state index < -0.39 is 0 Å². The first kappa shape index (κ1) is 18.5. The predicted molar refractivity (Wildman–Crippen MR) is 89.5 cm³/mol. The number of rotatable bonds is 7. The highest BCUT2D eigenvalue weighted by Gasteiger charge is 2.15. The molecule has 0 aliphatic rings. The lowest BCUT2D eigenvalue weighted by atomic mass is 9.87. The number of methoxy groups -OCH3 is 2. The first-order valence-electron chi connectivity index (χ1n) is 7.53. The zero-order valence-electron chi connectivity index (χ0n) is 14.3. The zero-order chi connectivity index (χ0) is 16.6. The SMILES string of the molecule is COCCN(CCOC)C(=O)Nc1ccc(C(C)(C)C)cc1. The quantitative estimate of drug-likeness (QED) is 0.842. The van der Waals surface area contributed by atoms with E-state index in [9.17, 15) is 4.79 Å². The van der Waals surface area contributed by atoms with Crippen LogP contribution in [-0.2, 0) is 14.9 Å². The van der Waals surface area contributed by atoms with Crippen molar-refractivity contribution in [3.63, 3.8) is 0 Å². The van der Waals surface area contributed by atoms with Crippen LogP contribution in [0.15, 0.2) is 24.3 Å². The number of benzene rings is 1. The predicted octanol–water partition coefficient (Wildman–Crippen LogP) is 3.11. The van der Waals surface area contributed by atoms with Gasteiger partial charge in [-0.2, -0.15) is 0 Å². The molecule has 0 saturated carbocycles. The van der Waals surface area contributed by atoms with Gasteiger partial charge in [0.2, 0.25) is 0 Å². The summed E-state index contributed by atoms with van der Waals surface area (Å²) in [6.07, 6.45) is 0. The van der Waals surface area contributed by atoms with Crippen molar-refractivity contribution >= 4 is 11.7 Å². The molecule has 0 heterocycles. The fraction of sp³-hybridized carbons (Fsp3) is 0.588. The second kappa shape index (κ2) is 8.76. The average Bonchev–Trinajstić information content (AvgIpc) is 2.47. The van der Waals surface area contributed by atoms with E-state index in [2.05, 4.69) is 26.1 Å². The van der Waals surface area contributed by atoms with Gasteiger partial charge in [0.05, 0.1) is 13.2 Å². The smallest absolute Gasteiger partial charge is 0.321 e. The highest BCUT2D eigenvalue weighted by molar-refractivity contribution is 5.89. The van der Waals surface area contributed by atoms with Gasteiger partial charge in [0.25, 0.3) is 0 Å². The lowest BCUT2D eigenvalue weighted by Crippen LogP contribution is -2.39. The van der Waals surface area contributed by atoms with Crippen molar-refractivity contribution in [2.75, 3.05) is 45.8 Å². The number of hydrogen-bond acceptors (Lipinski definition) is 3. The molecular weight excluding hydrogens is 280 g/mol. The van der Waals surface area contributed by atoms with E-state index >= 15 is 0 Å². The van der Waals surface area contributed by atoms with Crippen LogP contribution in [0.2, 0.25) is 0 Å². The Balaban J connectivity index is 2.67. The molecule has 1 rings (SSSR count). The Labute approximate surface area is 133 Å². The molecule has 1 aromatic rings. The van der Waals surface area contributed by atoms with Crippen LogP contribution in [0.4, 0.5) is 10.5 Å². The Hall–Kier alpha value is -1.59. The molecule has 22 heavy (non-hydrogen) atoms. The summed E-state index contributed by atoms with van der Waals surface area (Å²) in [5.41, 5.74) is 2.13. The number of amides is 2. The molecule has 0 fully saturated rings. The third-order valence-electron chi connectivity index (χ3n) is 3.42. The molecule has 0 atom stereocenters. The third kappa shape index (κ3) is 6.03. The molecule has 0 saturated heterocycles. The van der Waals surface area contributed by atoms with Crippen LogP contribution in [0.1, 0.15) is 26.3 Å². The van der Waals surface area contributed by atoms with Crippen LogP contribution < -0.4 is 5.32 Å². The van der Waals surface area contributed by atoms with Crippen LogP contribution in [0.25, 0.3) is 0 Å². The van der Waals surface area contributed by atoms with Gasteiger partial charge in [-0.15, -0.1) is 0 Å². The van der Waals surface area contributed by atoms with E-state index in [4.69, 9.17) is 9.47 Å². The van der Waals surface area contributed by atoms with E-state index in [0.717, 1.165) is 5.69 Å². The second-order valence-corrected chi connectivity index (χ2v) is 6.23. The minimum atomic E-state index is -0.141. The highest BCUT2D eigenvalue weighted by atomic mass is 16.5. The van der Waals surface area contributed by atoms with Gasteiger partial charge < -0.3 is 19.7 Å². The summed E-state index contributed by atoms with van der Waals surface area (Å²) in [5, 5.41) is 2.91. The Morgan fingerprint density at radius 1 is 1.05 bits per heavy atom. The summed E-state index contributed by atoms with van der Waals surface area (Å²) >= 11 is 0. The number of carbonyl (C=O) groups is 1. The van der Waals surface area contributed by atoms with Crippen molar-refractivity contribution in [3.8, 4) is 0 Å². The lowest BCUT2D eigenvalue weighted by molar-refractivity contribution is 0.127. The topological polar surface area (TPSA) is 50.8 Å². The summed E-state index contributed by atoms with van der Waals surface area (Å²) in [5.74, 6) is 0. The summed E-state index contributed by atoms with van der Waals surface area (Å²) in [4.78, 5) is 14.0. The van der Waals surface area contributed by atoms with E-state index in [1.165, 1.54) is 5.56 Å². The molecule has 1 aromatic carbocycles. The maximum Gasteiger partial charge on any atom is 0.321 e. The maximum atomic E-state index is 12.3. The van der Waals surface area contributed by atoms with E-state index in [1.54, 1.807) is 19.1 Å². The second-order valence-electron chi connectivity index (χ2n) is 6.23. The Morgan fingerprint density at radius 2 is 1.55 bits per heavy atom.